The summed E-state index contributed by atoms with van der Waals surface area (Å²) in [4.78, 5) is 7.82. The molecule has 100 valence electrons. The Balaban J connectivity index is 2.30. The first-order valence-corrected chi connectivity index (χ1v) is 6.87. The summed E-state index contributed by atoms with van der Waals surface area (Å²) in [5.74, 6) is 5.56. The summed E-state index contributed by atoms with van der Waals surface area (Å²) >= 11 is 0. The molecule has 2 rings (SSSR count). The van der Waals surface area contributed by atoms with Gasteiger partial charge in [-0.3, -0.25) is 9.71 Å². The van der Waals surface area contributed by atoms with Crippen molar-refractivity contribution in [2.45, 2.75) is 11.8 Å². The van der Waals surface area contributed by atoms with Crippen LogP contribution in [0.2, 0.25) is 0 Å². The Morgan fingerprint density at radius 3 is 2.58 bits per heavy atom. The quantitative estimate of drug-likeness (QED) is 0.566. The predicted molar refractivity (Wildman–Crippen MR) is 71.8 cm³/mol. The molecule has 19 heavy (non-hydrogen) atoms. The van der Waals surface area contributed by atoms with Crippen LogP contribution in [0.1, 0.15) is 5.56 Å². The molecular weight excluding hydrogens is 266 g/mol. The smallest absolute Gasteiger partial charge is 0.263 e. The van der Waals surface area contributed by atoms with Crippen LogP contribution in [0.15, 0.2) is 41.7 Å². The Kier molecular flexibility index (Phi) is 3.63. The Bertz CT molecular complexity index is 670. The van der Waals surface area contributed by atoms with E-state index in [4.69, 9.17) is 5.84 Å². The van der Waals surface area contributed by atoms with Gasteiger partial charge in [0, 0.05) is 18.6 Å². The molecule has 0 aliphatic rings. The first kappa shape index (κ1) is 13.2. The molecule has 2 aromatic rings. The molecule has 0 aliphatic heterocycles. The third-order valence-corrected chi connectivity index (χ3v) is 3.81. The van der Waals surface area contributed by atoms with Crippen LogP contribution in [0.4, 0.5) is 11.5 Å². The molecule has 2 aromatic heterocycles. The molecule has 0 unspecified atom stereocenters. The number of hydrogen-bond donors (Lipinski definition) is 3. The Morgan fingerprint density at radius 1 is 1.21 bits per heavy atom. The maximum Gasteiger partial charge on any atom is 0.263 e. The number of hydrazine groups is 1. The molecule has 0 fully saturated rings. The second kappa shape index (κ2) is 5.21. The van der Waals surface area contributed by atoms with Crippen LogP contribution in [0.3, 0.4) is 0 Å². The molecule has 0 aromatic carbocycles. The van der Waals surface area contributed by atoms with Crippen LogP contribution in [0, 0.1) is 6.92 Å². The summed E-state index contributed by atoms with van der Waals surface area (Å²) in [6.07, 6.45) is 4.33. The molecular formula is C11H13N5O2S. The lowest BCUT2D eigenvalue weighted by Gasteiger charge is -2.10. The maximum absolute atomic E-state index is 12.1. The van der Waals surface area contributed by atoms with Gasteiger partial charge in [-0.1, -0.05) is 0 Å². The van der Waals surface area contributed by atoms with Crippen molar-refractivity contribution in [3.63, 3.8) is 0 Å². The number of pyridine rings is 2. The van der Waals surface area contributed by atoms with E-state index in [-0.39, 0.29) is 4.90 Å². The van der Waals surface area contributed by atoms with Gasteiger partial charge in [0.25, 0.3) is 10.0 Å². The van der Waals surface area contributed by atoms with Crippen molar-refractivity contribution in [3.8, 4) is 0 Å². The molecule has 0 bridgehead atoms. The van der Waals surface area contributed by atoms with E-state index in [9.17, 15) is 8.42 Å². The topological polar surface area (TPSA) is 110 Å². The highest BCUT2D eigenvalue weighted by Gasteiger charge is 2.15. The van der Waals surface area contributed by atoms with Crippen molar-refractivity contribution in [2.24, 2.45) is 5.84 Å². The molecule has 0 spiro atoms. The average Bonchev–Trinajstić information content (AvgIpc) is 2.41. The highest BCUT2D eigenvalue weighted by atomic mass is 32.2. The number of nitrogens with two attached hydrogens (primary N) is 1. The summed E-state index contributed by atoms with van der Waals surface area (Å²) in [6.45, 7) is 1.77. The summed E-state index contributed by atoms with van der Waals surface area (Å²) in [6, 6.07) is 4.49. The molecule has 0 atom stereocenters. The second-order valence-electron chi connectivity index (χ2n) is 3.82. The molecule has 8 heteroatoms. The van der Waals surface area contributed by atoms with Gasteiger partial charge >= 0.3 is 0 Å². The van der Waals surface area contributed by atoms with Gasteiger partial charge in [0.2, 0.25) is 0 Å². The zero-order chi connectivity index (χ0) is 13.9. The number of nitrogen functional groups attached to an aromatic ring is 1. The number of nitrogens with one attached hydrogen (secondary N) is 2. The van der Waals surface area contributed by atoms with Crippen molar-refractivity contribution in [2.75, 3.05) is 10.1 Å². The van der Waals surface area contributed by atoms with Gasteiger partial charge in [0.1, 0.15) is 10.7 Å². The lowest BCUT2D eigenvalue weighted by Crippen LogP contribution is -2.15. The molecule has 4 N–H and O–H groups in total. The minimum atomic E-state index is -3.67. The molecule has 7 nitrogen and oxygen atoms in total. The summed E-state index contributed by atoms with van der Waals surface area (Å²) in [5.41, 5.74) is 3.55. The number of aryl methyl sites for hydroxylation is 1. The Hall–Kier alpha value is -2.19. The largest absolute Gasteiger partial charge is 0.308 e. The van der Waals surface area contributed by atoms with Gasteiger partial charge in [-0.15, -0.1) is 0 Å². The van der Waals surface area contributed by atoms with E-state index in [1.165, 1.54) is 24.5 Å². The lowest BCUT2D eigenvalue weighted by molar-refractivity contribution is 0.601. The standard InChI is InChI=1S/C11H13N5O2S/c1-8-6-13-5-4-10(8)16-19(17,18)9-2-3-11(15-12)14-7-9/h2-7H,12H2,1H3,(H,13,16)(H,14,15). The first-order chi connectivity index (χ1) is 9.03. The van der Waals surface area contributed by atoms with Gasteiger partial charge in [0.05, 0.1) is 5.69 Å². The van der Waals surface area contributed by atoms with Crippen LogP contribution in [0.5, 0.6) is 0 Å². The second-order valence-corrected chi connectivity index (χ2v) is 5.50. The van der Waals surface area contributed by atoms with E-state index in [1.807, 2.05) is 0 Å². The van der Waals surface area contributed by atoms with Crippen LogP contribution in [-0.4, -0.2) is 18.4 Å². The number of sulfonamides is 1. The van der Waals surface area contributed by atoms with Crippen molar-refractivity contribution in [3.05, 3.63) is 42.4 Å². The maximum atomic E-state index is 12.1. The van der Waals surface area contributed by atoms with Crippen molar-refractivity contribution in [1.82, 2.24) is 9.97 Å². The lowest BCUT2D eigenvalue weighted by atomic mass is 10.3. The number of hydrogen-bond acceptors (Lipinski definition) is 6. The number of rotatable bonds is 4. The summed E-state index contributed by atoms with van der Waals surface area (Å²) < 4.78 is 26.7. The molecule has 2 heterocycles. The molecule has 0 saturated heterocycles. The first-order valence-electron chi connectivity index (χ1n) is 5.39. The van der Waals surface area contributed by atoms with E-state index in [2.05, 4.69) is 20.1 Å². The van der Waals surface area contributed by atoms with Crippen molar-refractivity contribution in [1.29, 1.82) is 0 Å². The van der Waals surface area contributed by atoms with Gasteiger partial charge < -0.3 is 5.43 Å². The predicted octanol–water partition coefficient (Wildman–Crippen LogP) is 0.871. The molecule has 0 amide bonds. The van der Waals surface area contributed by atoms with Crippen molar-refractivity contribution < 1.29 is 8.42 Å². The van der Waals surface area contributed by atoms with Crippen molar-refractivity contribution >= 4 is 21.5 Å². The van der Waals surface area contributed by atoms with E-state index in [1.54, 1.807) is 19.2 Å². The third-order valence-electron chi connectivity index (χ3n) is 2.46. The zero-order valence-electron chi connectivity index (χ0n) is 10.2. The highest BCUT2D eigenvalue weighted by Crippen LogP contribution is 2.18. The normalized spacial score (nSPS) is 11.1. The van der Waals surface area contributed by atoms with Crippen LogP contribution < -0.4 is 16.0 Å². The van der Waals surface area contributed by atoms with Crippen LogP contribution in [-0.2, 0) is 10.0 Å². The zero-order valence-corrected chi connectivity index (χ0v) is 11.0. The van der Waals surface area contributed by atoms with Gasteiger partial charge in [-0.25, -0.2) is 19.2 Å². The SMILES string of the molecule is Cc1cnccc1NS(=O)(=O)c1ccc(NN)nc1. The van der Waals surface area contributed by atoms with Gasteiger partial charge in [-0.2, -0.15) is 0 Å². The third kappa shape index (κ3) is 2.98. The Morgan fingerprint density at radius 2 is 2.00 bits per heavy atom. The van der Waals surface area contributed by atoms with E-state index in [0.717, 1.165) is 5.56 Å². The average molecular weight is 279 g/mol. The summed E-state index contributed by atoms with van der Waals surface area (Å²) in [5, 5.41) is 0. The van der Waals surface area contributed by atoms with Gasteiger partial charge in [0.15, 0.2) is 0 Å². The van der Waals surface area contributed by atoms with Crippen LogP contribution in [0.25, 0.3) is 0 Å². The highest BCUT2D eigenvalue weighted by molar-refractivity contribution is 7.92. The fourth-order valence-corrected chi connectivity index (χ4v) is 2.49. The van der Waals surface area contributed by atoms with E-state index in [0.29, 0.717) is 11.5 Å². The molecule has 0 aliphatic carbocycles. The van der Waals surface area contributed by atoms with Crippen LogP contribution >= 0.6 is 0 Å². The number of aromatic nitrogens is 2. The number of nitrogens with zero attached hydrogens (tertiary/aromatic N) is 2. The van der Waals surface area contributed by atoms with E-state index < -0.39 is 10.0 Å². The van der Waals surface area contributed by atoms with E-state index >= 15 is 0 Å². The van der Waals surface area contributed by atoms with Gasteiger partial charge in [-0.05, 0) is 30.7 Å². The molecule has 0 saturated carbocycles. The molecule has 0 radical (unpaired) electrons. The summed E-state index contributed by atoms with van der Waals surface area (Å²) in [7, 11) is -3.67. The monoisotopic (exact) mass is 279 g/mol. The Labute approximate surface area is 110 Å². The number of anilines is 2. The minimum Gasteiger partial charge on any atom is -0.308 e. The fraction of sp³-hybridized carbons (Fsp3) is 0.0909. The fourth-order valence-electron chi connectivity index (χ4n) is 1.42. The minimum absolute atomic E-state index is 0.0581.